The molecule has 1 aliphatic heterocycles. The number of β-amino-alcohol motifs (C(OH)–C–C–N with tert-alkyl or cyclic N) is 1. The Morgan fingerprint density at radius 2 is 2.11 bits per heavy atom. The molecule has 18 heavy (non-hydrogen) atoms. The summed E-state index contributed by atoms with van der Waals surface area (Å²) < 4.78 is 26.2. The van der Waals surface area contributed by atoms with Crippen molar-refractivity contribution in [1.82, 2.24) is 4.90 Å². The lowest BCUT2D eigenvalue weighted by molar-refractivity contribution is -0.135. The molecule has 1 saturated heterocycles. The molecule has 96 valence electrons. The molecular weight excluding hydrogens is 240 g/mol. The Kier molecular flexibility index (Phi) is 3.43. The second kappa shape index (κ2) is 4.86. The van der Waals surface area contributed by atoms with Crippen LogP contribution in [0.15, 0.2) is 24.3 Å². The number of amides is 1. The van der Waals surface area contributed by atoms with Gasteiger partial charge in [0.25, 0.3) is 0 Å². The molecule has 5 heteroatoms. The summed E-state index contributed by atoms with van der Waals surface area (Å²) in [5, 5.41) is 9.08. The van der Waals surface area contributed by atoms with Crippen molar-refractivity contribution in [2.24, 2.45) is 0 Å². The van der Waals surface area contributed by atoms with Crippen molar-refractivity contribution >= 4 is 11.5 Å². The van der Waals surface area contributed by atoms with Crippen LogP contribution < -0.4 is 0 Å². The highest BCUT2D eigenvalue weighted by molar-refractivity contribution is 5.95. The third-order valence-electron chi connectivity index (χ3n) is 2.87. The Labute approximate surface area is 103 Å². The van der Waals surface area contributed by atoms with Gasteiger partial charge in [0.05, 0.1) is 6.10 Å². The third-order valence-corrected chi connectivity index (χ3v) is 2.87. The molecule has 0 spiro atoms. The fourth-order valence-corrected chi connectivity index (χ4v) is 1.80. The minimum absolute atomic E-state index is 0.200. The number of benzene rings is 1. The molecule has 1 aromatic carbocycles. The maximum atomic E-state index is 13.5. The van der Waals surface area contributed by atoms with E-state index in [9.17, 15) is 13.6 Å². The van der Waals surface area contributed by atoms with Gasteiger partial charge < -0.3 is 10.0 Å². The monoisotopic (exact) mass is 253 g/mol. The molecule has 2 rings (SSSR count). The minimum Gasteiger partial charge on any atom is -0.389 e. The zero-order valence-electron chi connectivity index (χ0n) is 9.86. The normalized spacial score (nSPS) is 16.7. The van der Waals surface area contributed by atoms with E-state index in [-0.39, 0.29) is 11.5 Å². The SMILES string of the molecule is C/C(=C/C(=O)N1CC(O)C1)c1ccc(F)cc1F. The van der Waals surface area contributed by atoms with Gasteiger partial charge in [0.2, 0.25) is 5.91 Å². The summed E-state index contributed by atoms with van der Waals surface area (Å²) in [6.45, 7) is 2.19. The number of rotatable bonds is 2. The van der Waals surface area contributed by atoms with E-state index < -0.39 is 17.7 Å². The van der Waals surface area contributed by atoms with Crippen LogP contribution in [0.25, 0.3) is 5.57 Å². The molecule has 0 bridgehead atoms. The Morgan fingerprint density at radius 1 is 1.44 bits per heavy atom. The van der Waals surface area contributed by atoms with E-state index in [1.807, 2.05) is 0 Å². The topological polar surface area (TPSA) is 40.5 Å². The van der Waals surface area contributed by atoms with Crippen LogP contribution in [0.5, 0.6) is 0 Å². The van der Waals surface area contributed by atoms with Gasteiger partial charge >= 0.3 is 0 Å². The number of hydrogen-bond donors (Lipinski definition) is 1. The van der Waals surface area contributed by atoms with Gasteiger partial charge in [0.1, 0.15) is 11.6 Å². The smallest absolute Gasteiger partial charge is 0.247 e. The van der Waals surface area contributed by atoms with Gasteiger partial charge in [-0.2, -0.15) is 0 Å². The number of nitrogens with zero attached hydrogens (tertiary/aromatic N) is 1. The molecule has 0 aliphatic carbocycles. The number of hydrogen-bond acceptors (Lipinski definition) is 2. The molecule has 0 saturated carbocycles. The van der Waals surface area contributed by atoms with Crippen molar-refractivity contribution < 1.29 is 18.7 Å². The largest absolute Gasteiger partial charge is 0.389 e. The van der Waals surface area contributed by atoms with E-state index in [4.69, 9.17) is 5.11 Å². The van der Waals surface area contributed by atoms with Crippen LogP contribution in [0, 0.1) is 11.6 Å². The second-order valence-corrected chi connectivity index (χ2v) is 4.35. The summed E-state index contributed by atoms with van der Waals surface area (Å²) in [4.78, 5) is 13.1. The lowest BCUT2D eigenvalue weighted by Gasteiger charge is -2.35. The molecule has 0 unspecified atom stereocenters. The highest BCUT2D eigenvalue weighted by atomic mass is 19.1. The van der Waals surface area contributed by atoms with E-state index in [0.29, 0.717) is 18.7 Å². The number of aliphatic hydroxyl groups excluding tert-OH is 1. The van der Waals surface area contributed by atoms with Gasteiger partial charge in [0.15, 0.2) is 0 Å². The van der Waals surface area contributed by atoms with Crippen LogP contribution in [0.3, 0.4) is 0 Å². The van der Waals surface area contributed by atoms with Crippen LogP contribution in [0.2, 0.25) is 0 Å². The molecule has 0 atom stereocenters. The summed E-state index contributed by atoms with van der Waals surface area (Å²) in [5.41, 5.74) is 0.629. The molecule has 1 heterocycles. The predicted molar refractivity (Wildman–Crippen MR) is 62.6 cm³/mol. The van der Waals surface area contributed by atoms with Crippen molar-refractivity contribution in [3.8, 4) is 0 Å². The van der Waals surface area contributed by atoms with E-state index in [0.717, 1.165) is 12.1 Å². The van der Waals surface area contributed by atoms with E-state index in [1.54, 1.807) is 6.92 Å². The first-order valence-electron chi connectivity index (χ1n) is 5.58. The fourth-order valence-electron chi connectivity index (χ4n) is 1.80. The average Bonchev–Trinajstić information content (AvgIpc) is 2.24. The molecule has 1 N–H and O–H groups in total. The number of allylic oxidation sites excluding steroid dienone is 1. The molecule has 1 amide bonds. The van der Waals surface area contributed by atoms with E-state index >= 15 is 0 Å². The van der Waals surface area contributed by atoms with Gasteiger partial charge in [-0.05, 0) is 24.6 Å². The number of halogens is 2. The van der Waals surface area contributed by atoms with Crippen LogP contribution in [0.1, 0.15) is 12.5 Å². The Morgan fingerprint density at radius 3 is 2.67 bits per heavy atom. The zero-order valence-corrected chi connectivity index (χ0v) is 9.86. The first kappa shape index (κ1) is 12.7. The molecule has 3 nitrogen and oxygen atoms in total. The van der Waals surface area contributed by atoms with Crippen molar-refractivity contribution in [2.75, 3.05) is 13.1 Å². The highest BCUT2D eigenvalue weighted by Crippen LogP contribution is 2.19. The lowest BCUT2D eigenvalue weighted by atomic mass is 10.1. The summed E-state index contributed by atoms with van der Waals surface area (Å²) in [5.74, 6) is -1.62. The van der Waals surface area contributed by atoms with Crippen LogP contribution in [0.4, 0.5) is 8.78 Å². The molecule has 1 aromatic rings. The van der Waals surface area contributed by atoms with Gasteiger partial charge in [0, 0.05) is 30.8 Å². The van der Waals surface area contributed by atoms with Crippen molar-refractivity contribution in [3.63, 3.8) is 0 Å². The number of likely N-dealkylation sites (tertiary alicyclic amines) is 1. The van der Waals surface area contributed by atoms with E-state index in [1.165, 1.54) is 17.0 Å². The second-order valence-electron chi connectivity index (χ2n) is 4.35. The van der Waals surface area contributed by atoms with Crippen LogP contribution in [-0.2, 0) is 4.79 Å². The van der Waals surface area contributed by atoms with Crippen molar-refractivity contribution in [1.29, 1.82) is 0 Å². The van der Waals surface area contributed by atoms with Crippen LogP contribution in [-0.4, -0.2) is 35.1 Å². The maximum absolute atomic E-state index is 13.5. The first-order chi connectivity index (χ1) is 8.47. The fraction of sp³-hybridized carbons (Fsp3) is 0.308. The Hall–Kier alpha value is -1.75. The number of carbonyl (C=O) groups is 1. The van der Waals surface area contributed by atoms with Gasteiger partial charge in [-0.15, -0.1) is 0 Å². The first-order valence-corrected chi connectivity index (χ1v) is 5.58. The molecular formula is C13H13F2NO2. The van der Waals surface area contributed by atoms with Gasteiger partial charge in [-0.25, -0.2) is 8.78 Å². The number of carbonyl (C=O) groups excluding carboxylic acids is 1. The highest BCUT2D eigenvalue weighted by Gasteiger charge is 2.27. The lowest BCUT2D eigenvalue weighted by Crippen LogP contribution is -2.53. The van der Waals surface area contributed by atoms with Gasteiger partial charge in [-0.1, -0.05) is 0 Å². The Bertz CT molecular complexity index is 508. The van der Waals surface area contributed by atoms with Crippen molar-refractivity contribution in [3.05, 3.63) is 41.5 Å². The number of aliphatic hydroxyl groups is 1. The van der Waals surface area contributed by atoms with E-state index in [2.05, 4.69) is 0 Å². The summed E-state index contributed by atoms with van der Waals surface area (Å²) in [6.07, 6.45) is 0.826. The molecule has 1 fully saturated rings. The zero-order chi connectivity index (χ0) is 13.3. The molecule has 0 aromatic heterocycles. The maximum Gasteiger partial charge on any atom is 0.247 e. The standard InChI is InChI=1S/C13H13F2NO2/c1-8(4-13(18)16-6-10(17)7-16)11-3-2-9(14)5-12(11)15/h2-5,10,17H,6-7H2,1H3/b8-4-. The summed E-state index contributed by atoms with van der Waals surface area (Å²) in [6, 6.07) is 3.23. The van der Waals surface area contributed by atoms with Crippen LogP contribution >= 0.6 is 0 Å². The minimum atomic E-state index is -0.694. The quantitative estimate of drug-likeness (QED) is 0.813. The van der Waals surface area contributed by atoms with Crippen molar-refractivity contribution in [2.45, 2.75) is 13.0 Å². The summed E-state index contributed by atoms with van der Waals surface area (Å²) in [7, 11) is 0. The molecule has 1 aliphatic rings. The predicted octanol–water partition coefficient (Wildman–Crippen LogP) is 1.57. The molecule has 0 radical (unpaired) electrons. The van der Waals surface area contributed by atoms with Gasteiger partial charge in [-0.3, -0.25) is 4.79 Å². The summed E-state index contributed by atoms with van der Waals surface area (Å²) >= 11 is 0. The average molecular weight is 253 g/mol. The Balaban J connectivity index is 2.15. The third kappa shape index (κ3) is 2.56.